The van der Waals surface area contributed by atoms with Gasteiger partial charge in [-0.2, -0.15) is 0 Å². The number of β-amino-alcohol motifs (C(OH)–C–C–N with tert-alkyl or cyclic N) is 1. The number of nitrogens with zero attached hydrogens (tertiary/aromatic N) is 3. The monoisotopic (exact) mass is 277 g/mol. The number of aliphatic hydroxyl groups is 1. The second-order valence-electron chi connectivity index (χ2n) is 7.82. The maximum absolute atomic E-state index is 9.73. The molecule has 1 saturated heterocycles. The number of rotatable bonds is 1. The molecule has 0 unspecified atom stereocenters. The standard InChI is InChI=1S/C16H27N3O/c1-15(2,3)12-9-13(19-8-7-11(20)10-19)18-14(17-12)16(4,5)6/h9,11,20H,7-8,10H2,1-6H3/t11-/m0/s1. The van der Waals surface area contributed by atoms with Gasteiger partial charge in [-0.1, -0.05) is 41.5 Å². The number of anilines is 1. The fourth-order valence-electron chi connectivity index (χ4n) is 2.27. The first-order valence-corrected chi connectivity index (χ1v) is 7.40. The molecule has 0 aromatic carbocycles. The fraction of sp³-hybridized carbons (Fsp3) is 0.750. The van der Waals surface area contributed by atoms with Crippen molar-refractivity contribution >= 4 is 5.82 Å². The van der Waals surface area contributed by atoms with E-state index < -0.39 is 0 Å². The molecular weight excluding hydrogens is 250 g/mol. The third kappa shape index (κ3) is 3.29. The molecule has 0 saturated carbocycles. The third-order valence-corrected chi connectivity index (χ3v) is 3.64. The first-order valence-electron chi connectivity index (χ1n) is 7.40. The first kappa shape index (κ1) is 15.2. The minimum atomic E-state index is -0.235. The molecule has 4 nitrogen and oxygen atoms in total. The Balaban J connectivity index is 2.46. The Kier molecular flexibility index (Phi) is 3.80. The Bertz CT molecular complexity index is 453. The highest BCUT2D eigenvalue weighted by molar-refractivity contribution is 5.43. The summed E-state index contributed by atoms with van der Waals surface area (Å²) in [5.41, 5.74) is 0.985. The fourth-order valence-corrected chi connectivity index (χ4v) is 2.27. The smallest absolute Gasteiger partial charge is 0.136 e. The van der Waals surface area contributed by atoms with Gasteiger partial charge >= 0.3 is 0 Å². The van der Waals surface area contributed by atoms with Gasteiger partial charge < -0.3 is 10.0 Å². The quantitative estimate of drug-likeness (QED) is 0.857. The minimum Gasteiger partial charge on any atom is -0.391 e. The Morgan fingerprint density at radius 3 is 2.20 bits per heavy atom. The molecule has 1 aliphatic heterocycles. The lowest BCUT2D eigenvalue weighted by Crippen LogP contribution is -2.27. The SMILES string of the molecule is CC(C)(C)c1cc(N2CC[C@H](O)C2)nc(C(C)(C)C)n1. The normalized spacial score (nSPS) is 20.6. The highest BCUT2D eigenvalue weighted by atomic mass is 16.3. The van der Waals surface area contributed by atoms with Gasteiger partial charge in [0.15, 0.2) is 0 Å². The lowest BCUT2D eigenvalue weighted by atomic mass is 9.90. The molecular formula is C16H27N3O. The predicted molar refractivity (Wildman–Crippen MR) is 82.3 cm³/mol. The van der Waals surface area contributed by atoms with Crippen LogP contribution in [0.4, 0.5) is 5.82 Å². The van der Waals surface area contributed by atoms with Gasteiger partial charge in [0.05, 0.1) is 11.8 Å². The van der Waals surface area contributed by atoms with Crippen molar-refractivity contribution in [3.05, 3.63) is 17.6 Å². The Hall–Kier alpha value is -1.16. The van der Waals surface area contributed by atoms with Crippen LogP contribution in [0.1, 0.15) is 59.5 Å². The van der Waals surface area contributed by atoms with Crippen LogP contribution in [0.2, 0.25) is 0 Å². The van der Waals surface area contributed by atoms with Gasteiger partial charge in [0.25, 0.3) is 0 Å². The Morgan fingerprint density at radius 1 is 1.10 bits per heavy atom. The van der Waals surface area contributed by atoms with Gasteiger partial charge in [-0.25, -0.2) is 9.97 Å². The van der Waals surface area contributed by atoms with E-state index in [4.69, 9.17) is 9.97 Å². The lowest BCUT2D eigenvalue weighted by Gasteiger charge is -2.26. The van der Waals surface area contributed by atoms with E-state index in [0.29, 0.717) is 6.54 Å². The van der Waals surface area contributed by atoms with E-state index in [1.54, 1.807) is 0 Å². The molecule has 1 aromatic heterocycles. The molecule has 20 heavy (non-hydrogen) atoms. The van der Waals surface area contributed by atoms with Crippen molar-refractivity contribution in [3.8, 4) is 0 Å². The van der Waals surface area contributed by atoms with Gasteiger partial charge in [0.1, 0.15) is 11.6 Å². The van der Waals surface area contributed by atoms with Crippen LogP contribution in [0.15, 0.2) is 6.07 Å². The van der Waals surface area contributed by atoms with Gasteiger partial charge in [-0.3, -0.25) is 0 Å². The molecule has 0 bridgehead atoms. The molecule has 0 aliphatic carbocycles. The van der Waals surface area contributed by atoms with Crippen molar-refractivity contribution in [2.75, 3.05) is 18.0 Å². The summed E-state index contributed by atoms with van der Waals surface area (Å²) in [4.78, 5) is 11.7. The summed E-state index contributed by atoms with van der Waals surface area (Å²) >= 11 is 0. The minimum absolute atomic E-state index is 0.00394. The molecule has 0 radical (unpaired) electrons. The predicted octanol–water partition coefficient (Wildman–Crippen LogP) is 2.64. The summed E-state index contributed by atoms with van der Waals surface area (Å²) in [6.45, 7) is 14.5. The van der Waals surface area contributed by atoms with Crippen LogP contribution < -0.4 is 4.90 Å². The van der Waals surface area contributed by atoms with Crippen molar-refractivity contribution in [2.24, 2.45) is 0 Å². The summed E-state index contributed by atoms with van der Waals surface area (Å²) in [6, 6.07) is 2.08. The van der Waals surface area contributed by atoms with Crippen LogP contribution in [0, 0.1) is 0 Å². The summed E-state index contributed by atoms with van der Waals surface area (Å²) in [5.74, 6) is 1.83. The molecule has 1 aromatic rings. The van der Waals surface area contributed by atoms with E-state index in [9.17, 15) is 5.11 Å². The van der Waals surface area contributed by atoms with Crippen molar-refractivity contribution in [1.29, 1.82) is 0 Å². The molecule has 1 aliphatic rings. The van der Waals surface area contributed by atoms with Crippen LogP contribution in [-0.2, 0) is 10.8 Å². The maximum Gasteiger partial charge on any atom is 0.136 e. The second-order valence-corrected chi connectivity index (χ2v) is 7.82. The van der Waals surface area contributed by atoms with Gasteiger partial charge in [-0.05, 0) is 6.42 Å². The Morgan fingerprint density at radius 2 is 1.75 bits per heavy atom. The zero-order valence-corrected chi connectivity index (χ0v) is 13.6. The lowest BCUT2D eigenvalue weighted by molar-refractivity contribution is 0.198. The van der Waals surface area contributed by atoms with Crippen LogP contribution in [-0.4, -0.2) is 34.3 Å². The molecule has 4 heteroatoms. The molecule has 1 atom stereocenters. The molecule has 1 fully saturated rings. The average Bonchev–Trinajstić information content (AvgIpc) is 2.73. The van der Waals surface area contributed by atoms with E-state index in [-0.39, 0.29) is 16.9 Å². The van der Waals surface area contributed by atoms with Gasteiger partial charge in [0.2, 0.25) is 0 Å². The van der Waals surface area contributed by atoms with Crippen LogP contribution >= 0.6 is 0 Å². The third-order valence-electron chi connectivity index (χ3n) is 3.64. The highest BCUT2D eigenvalue weighted by Gasteiger charge is 2.27. The summed E-state index contributed by atoms with van der Waals surface area (Å²) in [7, 11) is 0. The number of aromatic nitrogens is 2. The van der Waals surface area contributed by atoms with Crippen molar-refractivity contribution in [1.82, 2.24) is 9.97 Å². The summed E-state index contributed by atoms with van der Waals surface area (Å²) in [6.07, 6.45) is 0.584. The van der Waals surface area contributed by atoms with Gasteiger partial charge in [-0.15, -0.1) is 0 Å². The van der Waals surface area contributed by atoms with E-state index in [0.717, 1.165) is 30.3 Å². The molecule has 0 amide bonds. The number of hydrogen-bond donors (Lipinski definition) is 1. The van der Waals surface area contributed by atoms with Gasteiger partial charge in [0, 0.05) is 30.0 Å². The van der Waals surface area contributed by atoms with Crippen LogP contribution in [0.25, 0.3) is 0 Å². The van der Waals surface area contributed by atoms with E-state index in [2.05, 4.69) is 52.5 Å². The average molecular weight is 277 g/mol. The maximum atomic E-state index is 9.73. The molecule has 112 valence electrons. The second kappa shape index (κ2) is 4.99. The van der Waals surface area contributed by atoms with E-state index in [1.165, 1.54) is 0 Å². The number of aliphatic hydroxyl groups excluding tert-OH is 1. The van der Waals surface area contributed by atoms with E-state index >= 15 is 0 Å². The number of hydrogen-bond acceptors (Lipinski definition) is 4. The van der Waals surface area contributed by atoms with Crippen molar-refractivity contribution in [2.45, 2.75) is 64.9 Å². The van der Waals surface area contributed by atoms with Crippen molar-refractivity contribution < 1.29 is 5.11 Å². The van der Waals surface area contributed by atoms with Crippen LogP contribution in [0.5, 0.6) is 0 Å². The molecule has 0 spiro atoms. The summed E-state index contributed by atoms with van der Waals surface area (Å²) in [5, 5.41) is 9.73. The zero-order chi connectivity index (χ0) is 15.1. The van der Waals surface area contributed by atoms with Crippen LogP contribution in [0.3, 0.4) is 0 Å². The van der Waals surface area contributed by atoms with E-state index in [1.807, 2.05) is 0 Å². The summed E-state index contributed by atoms with van der Waals surface area (Å²) < 4.78 is 0. The molecule has 2 heterocycles. The highest BCUT2D eigenvalue weighted by Crippen LogP contribution is 2.29. The zero-order valence-electron chi connectivity index (χ0n) is 13.6. The molecule has 1 N–H and O–H groups in total. The first-order chi connectivity index (χ1) is 9.07. The van der Waals surface area contributed by atoms with Crippen molar-refractivity contribution in [3.63, 3.8) is 0 Å². The molecule has 2 rings (SSSR count). The Labute approximate surface area is 122 Å². The largest absolute Gasteiger partial charge is 0.391 e. The topological polar surface area (TPSA) is 49.2 Å².